The average molecular weight is 447 g/mol. The summed E-state index contributed by atoms with van der Waals surface area (Å²) in [6, 6.07) is 4.67. The Morgan fingerprint density at radius 1 is 1.34 bits per heavy atom. The van der Waals surface area contributed by atoms with Gasteiger partial charge >= 0.3 is 12.1 Å². The predicted molar refractivity (Wildman–Crippen MR) is 112 cm³/mol. The third kappa shape index (κ3) is 3.83. The monoisotopic (exact) mass is 447 g/mol. The first kappa shape index (κ1) is 23.0. The lowest BCUT2D eigenvalue weighted by Crippen LogP contribution is -2.41. The van der Waals surface area contributed by atoms with Crippen molar-refractivity contribution in [2.45, 2.75) is 25.6 Å². The number of pyridine rings is 1. The minimum atomic E-state index is -5.16. The third-order valence-corrected chi connectivity index (χ3v) is 4.89. The summed E-state index contributed by atoms with van der Waals surface area (Å²) in [6.07, 6.45) is -3.96. The van der Waals surface area contributed by atoms with Crippen LogP contribution in [-0.4, -0.2) is 33.4 Å². The van der Waals surface area contributed by atoms with Crippen LogP contribution in [-0.2, 0) is 17.4 Å². The van der Waals surface area contributed by atoms with Gasteiger partial charge in [-0.1, -0.05) is 18.1 Å². The van der Waals surface area contributed by atoms with Crippen molar-refractivity contribution in [2.75, 3.05) is 12.3 Å². The van der Waals surface area contributed by atoms with Crippen molar-refractivity contribution >= 4 is 22.6 Å². The van der Waals surface area contributed by atoms with E-state index in [-0.39, 0.29) is 34.3 Å². The second-order valence-corrected chi connectivity index (χ2v) is 7.14. The van der Waals surface area contributed by atoms with Crippen molar-refractivity contribution in [3.05, 3.63) is 63.2 Å². The zero-order chi connectivity index (χ0) is 23.8. The van der Waals surface area contributed by atoms with Crippen molar-refractivity contribution in [1.82, 2.24) is 9.55 Å². The predicted octanol–water partition coefficient (Wildman–Crippen LogP) is 2.74. The normalized spacial score (nSPS) is 13.3. The SMILES string of the molecule is CCOC(=O)c1c(C)[nH]c2c(=O)n(C)cc(C#CC(O)(c3cccc(N)c3)C(F)(F)F)c12. The largest absolute Gasteiger partial charge is 0.462 e. The molecule has 1 unspecified atom stereocenters. The molecule has 0 saturated carbocycles. The Morgan fingerprint density at radius 3 is 2.62 bits per heavy atom. The molecule has 0 amide bonds. The number of nitrogens with two attached hydrogens (primary N) is 1. The zero-order valence-electron chi connectivity index (χ0n) is 17.4. The van der Waals surface area contributed by atoms with Crippen LogP contribution in [0.15, 0.2) is 35.3 Å². The molecule has 0 aliphatic carbocycles. The molecule has 3 rings (SSSR count). The molecule has 168 valence electrons. The van der Waals surface area contributed by atoms with E-state index in [9.17, 15) is 27.9 Å². The van der Waals surface area contributed by atoms with Gasteiger partial charge in [-0.3, -0.25) is 4.79 Å². The Morgan fingerprint density at radius 2 is 2.03 bits per heavy atom. The minimum absolute atomic E-state index is 0.0108. The first-order chi connectivity index (χ1) is 14.9. The highest BCUT2D eigenvalue weighted by Gasteiger charge is 2.54. The van der Waals surface area contributed by atoms with E-state index in [0.29, 0.717) is 5.69 Å². The molecule has 3 aromatic rings. The van der Waals surface area contributed by atoms with Gasteiger partial charge < -0.3 is 25.1 Å². The summed E-state index contributed by atoms with van der Waals surface area (Å²) in [6.45, 7) is 3.18. The topological polar surface area (TPSA) is 110 Å². The maximum Gasteiger partial charge on any atom is 0.433 e. The van der Waals surface area contributed by atoms with E-state index in [4.69, 9.17) is 10.5 Å². The number of anilines is 1. The number of hydrogen-bond donors (Lipinski definition) is 3. The van der Waals surface area contributed by atoms with Gasteiger partial charge in [0.1, 0.15) is 5.52 Å². The van der Waals surface area contributed by atoms with Gasteiger partial charge in [0, 0.05) is 35.6 Å². The van der Waals surface area contributed by atoms with Gasteiger partial charge in [0.2, 0.25) is 5.60 Å². The van der Waals surface area contributed by atoms with Gasteiger partial charge in [0.05, 0.1) is 17.7 Å². The fourth-order valence-corrected chi connectivity index (χ4v) is 3.33. The van der Waals surface area contributed by atoms with E-state index in [0.717, 1.165) is 16.7 Å². The van der Waals surface area contributed by atoms with E-state index in [1.54, 1.807) is 6.92 Å². The summed E-state index contributed by atoms with van der Waals surface area (Å²) < 4.78 is 47.7. The molecule has 0 aliphatic rings. The van der Waals surface area contributed by atoms with Crippen LogP contribution in [0.25, 0.3) is 10.9 Å². The number of esters is 1. The molecule has 0 fully saturated rings. The van der Waals surface area contributed by atoms with E-state index in [1.807, 2.05) is 5.92 Å². The maximum atomic E-state index is 13.9. The summed E-state index contributed by atoms with van der Waals surface area (Å²) in [5.41, 5.74) is 1.19. The first-order valence-corrected chi connectivity index (χ1v) is 9.48. The number of ether oxygens (including phenoxy) is 1. The number of fused-ring (bicyclic) bond motifs is 1. The summed E-state index contributed by atoms with van der Waals surface area (Å²) in [5, 5.41) is 10.6. The number of aromatic amines is 1. The van der Waals surface area contributed by atoms with Crippen LogP contribution in [0.3, 0.4) is 0 Å². The van der Waals surface area contributed by atoms with Crippen molar-refractivity contribution in [2.24, 2.45) is 7.05 Å². The first-order valence-electron chi connectivity index (χ1n) is 9.48. The highest BCUT2D eigenvalue weighted by atomic mass is 19.4. The fraction of sp³-hybridized carbons (Fsp3) is 0.273. The molecule has 0 aliphatic heterocycles. The molecule has 1 aromatic carbocycles. The van der Waals surface area contributed by atoms with Crippen LogP contribution in [0, 0.1) is 18.8 Å². The van der Waals surface area contributed by atoms with Crippen molar-refractivity contribution in [1.29, 1.82) is 0 Å². The molecule has 10 heteroatoms. The number of nitrogens with zero attached hydrogens (tertiary/aromatic N) is 1. The molecule has 2 aromatic heterocycles. The van der Waals surface area contributed by atoms with Crippen LogP contribution < -0.4 is 11.3 Å². The third-order valence-electron chi connectivity index (χ3n) is 4.89. The number of aliphatic hydroxyl groups is 1. The van der Waals surface area contributed by atoms with Crippen LogP contribution in [0.5, 0.6) is 0 Å². The van der Waals surface area contributed by atoms with Crippen molar-refractivity contribution in [3.63, 3.8) is 0 Å². The number of halogens is 3. The number of nitrogens with one attached hydrogen (secondary N) is 1. The van der Waals surface area contributed by atoms with Gasteiger partial charge in [0.25, 0.3) is 5.56 Å². The van der Waals surface area contributed by atoms with E-state index < -0.39 is 28.9 Å². The molecular weight excluding hydrogens is 427 g/mol. The number of alkyl halides is 3. The molecule has 2 heterocycles. The molecule has 1 atom stereocenters. The second-order valence-electron chi connectivity index (χ2n) is 7.14. The van der Waals surface area contributed by atoms with Gasteiger partial charge in [-0.05, 0) is 31.9 Å². The number of nitrogen functional groups attached to an aromatic ring is 1. The summed E-state index contributed by atoms with van der Waals surface area (Å²) in [7, 11) is 1.39. The number of hydrogen-bond acceptors (Lipinski definition) is 5. The molecule has 0 spiro atoms. The lowest BCUT2D eigenvalue weighted by Gasteiger charge is -2.25. The smallest absolute Gasteiger partial charge is 0.433 e. The lowest BCUT2D eigenvalue weighted by molar-refractivity contribution is -0.240. The number of H-pyrrole nitrogens is 1. The molecule has 7 nitrogen and oxygen atoms in total. The van der Waals surface area contributed by atoms with Gasteiger partial charge in [-0.2, -0.15) is 13.2 Å². The molecule has 0 saturated heterocycles. The zero-order valence-corrected chi connectivity index (χ0v) is 17.4. The molecule has 0 radical (unpaired) electrons. The maximum absolute atomic E-state index is 13.9. The number of carbonyl (C=O) groups excluding carboxylic acids is 1. The second kappa shape index (κ2) is 8.09. The Bertz CT molecular complexity index is 1330. The Labute approximate surface area is 180 Å². The average Bonchev–Trinajstić information content (AvgIpc) is 3.06. The number of carbonyl (C=O) groups is 1. The standard InChI is InChI=1S/C22H20F3N3O4/c1-4-32-20(30)16-12(2)27-18-17(16)13(11-28(3)19(18)29)8-9-21(31,22(23,24)25)14-6-5-7-15(26)10-14/h5-7,10-11,27,31H,4,26H2,1-3H3. The highest BCUT2D eigenvalue weighted by Crippen LogP contribution is 2.39. The van der Waals surface area contributed by atoms with Crippen molar-refractivity contribution in [3.8, 4) is 11.8 Å². The number of aryl methyl sites for hydroxylation is 2. The number of rotatable bonds is 3. The summed E-state index contributed by atoms with van der Waals surface area (Å²) >= 11 is 0. The summed E-state index contributed by atoms with van der Waals surface area (Å²) in [5.74, 6) is 3.45. The van der Waals surface area contributed by atoms with Crippen molar-refractivity contribution < 1.29 is 27.8 Å². The van der Waals surface area contributed by atoms with Crippen LogP contribution in [0.1, 0.15) is 34.1 Å². The van der Waals surface area contributed by atoms with E-state index in [1.165, 1.54) is 32.3 Å². The number of aromatic nitrogens is 2. The number of benzene rings is 1. The fourth-order valence-electron chi connectivity index (χ4n) is 3.33. The quantitative estimate of drug-likeness (QED) is 0.325. The minimum Gasteiger partial charge on any atom is -0.462 e. The lowest BCUT2D eigenvalue weighted by atomic mass is 9.92. The van der Waals surface area contributed by atoms with Crippen LogP contribution >= 0.6 is 0 Å². The van der Waals surface area contributed by atoms with Gasteiger partial charge in [-0.25, -0.2) is 4.79 Å². The Hall–Kier alpha value is -3.71. The van der Waals surface area contributed by atoms with Gasteiger partial charge in [0.15, 0.2) is 0 Å². The molecule has 4 N–H and O–H groups in total. The van der Waals surface area contributed by atoms with Gasteiger partial charge in [-0.15, -0.1) is 0 Å². The van der Waals surface area contributed by atoms with E-state index in [2.05, 4.69) is 10.9 Å². The highest BCUT2D eigenvalue weighted by molar-refractivity contribution is 6.07. The Balaban J connectivity index is 2.33. The molecular formula is C22H20F3N3O4. The van der Waals surface area contributed by atoms with Crippen LogP contribution in [0.4, 0.5) is 18.9 Å². The summed E-state index contributed by atoms with van der Waals surface area (Å²) in [4.78, 5) is 27.8. The molecule has 0 bridgehead atoms. The Kier molecular flexibility index (Phi) is 5.80. The van der Waals surface area contributed by atoms with E-state index >= 15 is 0 Å². The van der Waals surface area contributed by atoms with Crippen LogP contribution in [0.2, 0.25) is 0 Å². The molecule has 32 heavy (non-hydrogen) atoms.